The van der Waals surface area contributed by atoms with Crippen molar-refractivity contribution in [3.8, 4) is 5.69 Å². The lowest BCUT2D eigenvalue weighted by atomic mass is 9.95. The van der Waals surface area contributed by atoms with E-state index in [1.807, 2.05) is 39.0 Å². The molecule has 10 heteroatoms. The minimum atomic E-state index is -0.604. The van der Waals surface area contributed by atoms with Crippen LogP contribution < -0.4 is 4.90 Å². The molecule has 2 aliphatic heterocycles. The number of nitrogens with zero attached hydrogens (tertiary/aromatic N) is 6. The summed E-state index contributed by atoms with van der Waals surface area (Å²) in [5.41, 5.74) is 1.24. The fourth-order valence-corrected chi connectivity index (χ4v) is 4.86. The Bertz CT molecular complexity index is 1230. The highest BCUT2D eigenvalue weighted by Gasteiger charge is 2.32. The monoisotopic (exact) mass is 498 g/mol. The molecule has 5 rings (SSSR count). The van der Waals surface area contributed by atoms with Crippen LogP contribution in [-0.4, -0.2) is 49.4 Å². The SMILES string of the molecule is CC(C)(C)OC(=O)N1Cc2cc(Cl)ccc2-n2c(nnc2C2CCN(c3ccc(F)cn3)CC2)C1. The smallest absolute Gasteiger partial charge is 0.411 e. The van der Waals surface area contributed by atoms with Crippen LogP contribution in [0.3, 0.4) is 0 Å². The number of aromatic nitrogens is 4. The van der Waals surface area contributed by atoms with Crippen LogP contribution in [0.25, 0.3) is 5.69 Å². The molecule has 4 heterocycles. The average Bonchev–Trinajstić information content (AvgIpc) is 3.14. The molecule has 0 aliphatic carbocycles. The van der Waals surface area contributed by atoms with Gasteiger partial charge in [0.1, 0.15) is 23.1 Å². The molecule has 184 valence electrons. The van der Waals surface area contributed by atoms with Crippen molar-refractivity contribution in [1.29, 1.82) is 0 Å². The van der Waals surface area contributed by atoms with Crippen molar-refractivity contribution in [2.24, 2.45) is 0 Å². The van der Waals surface area contributed by atoms with Crippen LogP contribution in [0.5, 0.6) is 0 Å². The first kappa shape index (κ1) is 23.5. The van der Waals surface area contributed by atoms with Crippen LogP contribution in [0.4, 0.5) is 15.0 Å². The van der Waals surface area contributed by atoms with Crippen molar-refractivity contribution in [1.82, 2.24) is 24.6 Å². The van der Waals surface area contributed by atoms with Gasteiger partial charge in [-0.05, 0) is 69.5 Å². The summed E-state index contributed by atoms with van der Waals surface area (Å²) in [6, 6.07) is 8.84. The van der Waals surface area contributed by atoms with Crippen LogP contribution in [-0.2, 0) is 17.8 Å². The van der Waals surface area contributed by atoms with Gasteiger partial charge in [0.15, 0.2) is 5.82 Å². The lowest BCUT2D eigenvalue weighted by Gasteiger charge is -2.32. The molecule has 1 fully saturated rings. The predicted molar refractivity (Wildman–Crippen MR) is 130 cm³/mol. The van der Waals surface area contributed by atoms with Crippen LogP contribution in [0.15, 0.2) is 36.5 Å². The van der Waals surface area contributed by atoms with Gasteiger partial charge in [-0.1, -0.05) is 11.6 Å². The van der Waals surface area contributed by atoms with Gasteiger partial charge in [-0.3, -0.25) is 9.47 Å². The fourth-order valence-electron chi connectivity index (χ4n) is 4.67. The minimum Gasteiger partial charge on any atom is -0.444 e. The van der Waals surface area contributed by atoms with Crippen LogP contribution in [0, 0.1) is 5.82 Å². The number of carbonyl (C=O) groups excluding carboxylic acids is 1. The Morgan fingerprint density at radius 3 is 2.57 bits per heavy atom. The van der Waals surface area contributed by atoms with Gasteiger partial charge in [0.25, 0.3) is 0 Å². The maximum Gasteiger partial charge on any atom is 0.411 e. The van der Waals surface area contributed by atoms with Crippen molar-refractivity contribution >= 4 is 23.5 Å². The maximum absolute atomic E-state index is 13.3. The van der Waals surface area contributed by atoms with Gasteiger partial charge in [-0.2, -0.15) is 0 Å². The molecule has 0 unspecified atom stereocenters. The van der Waals surface area contributed by atoms with Gasteiger partial charge in [0.05, 0.1) is 25.0 Å². The number of fused-ring (bicyclic) bond motifs is 3. The molecule has 1 saturated heterocycles. The lowest BCUT2D eigenvalue weighted by molar-refractivity contribution is 0.0214. The number of pyridine rings is 1. The van der Waals surface area contributed by atoms with Gasteiger partial charge >= 0.3 is 6.09 Å². The van der Waals surface area contributed by atoms with Crippen molar-refractivity contribution < 1.29 is 13.9 Å². The fraction of sp³-hybridized carbons (Fsp3) is 0.440. The summed E-state index contributed by atoms with van der Waals surface area (Å²) in [5, 5.41) is 9.67. The summed E-state index contributed by atoms with van der Waals surface area (Å²) in [4.78, 5) is 21.0. The van der Waals surface area contributed by atoms with Gasteiger partial charge in [-0.15, -0.1) is 10.2 Å². The normalized spacial score (nSPS) is 16.5. The zero-order chi connectivity index (χ0) is 24.7. The zero-order valence-electron chi connectivity index (χ0n) is 20.0. The van der Waals surface area contributed by atoms with Crippen molar-refractivity contribution in [3.05, 3.63) is 64.6 Å². The van der Waals surface area contributed by atoms with Gasteiger partial charge in [0.2, 0.25) is 0 Å². The summed E-state index contributed by atoms with van der Waals surface area (Å²) < 4.78 is 21.0. The number of amides is 1. The Morgan fingerprint density at radius 2 is 1.89 bits per heavy atom. The highest BCUT2D eigenvalue weighted by molar-refractivity contribution is 6.30. The Kier molecular flexibility index (Phi) is 6.13. The Hall–Kier alpha value is -3.20. The number of carbonyl (C=O) groups is 1. The molecule has 8 nitrogen and oxygen atoms in total. The molecule has 0 atom stereocenters. The molecule has 2 aliphatic rings. The summed E-state index contributed by atoms with van der Waals surface area (Å²) in [6.07, 6.45) is 2.56. The van der Waals surface area contributed by atoms with Crippen molar-refractivity contribution in [3.63, 3.8) is 0 Å². The number of hydrogen-bond acceptors (Lipinski definition) is 6. The minimum absolute atomic E-state index is 0.185. The number of rotatable bonds is 2. The van der Waals surface area contributed by atoms with Crippen LogP contribution in [0.2, 0.25) is 5.02 Å². The molecule has 35 heavy (non-hydrogen) atoms. The molecule has 0 spiro atoms. The molecule has 0 radical (unpaired) electrons. The number of ether oxygens (including phenoxy) is 1. The first-order chi connectivity index (χ1) is 16.7. The number of anilines is 1. The van der Waals surface area contributed by atoms with E-state index in [-0.39, 0.29) is 18.3 Å². The van der Waals surface area contributed by atoms with Gasteiger partial charge in [0, 0.05) is 24.0 Å². The van der Waals surface area contributed by atoms with Crippen molar-refractivity contribution in [2.75, 3.05) is 18.0 Å². The van der Waals surface area contributed by atoms with E-state index in [9.17, 15) is 9.18 Å². The lowest BCUT2D eigenvalue weighted by Crippen LogP contribution is -2.35. The van der Waals surface area contributed by atoms with E-state index in [0.29, 0.717) is 17.4 Å². The zero-order valence-corrected chi connectivity index (χ0v) is 20.8. The summed E-state index contributed by atoms with van der Waals surface area (Å²) in [7, 11) is 0. The van der Waals surface area contributed by atoms with Gasteiger partial charge < -0.3 is 9.64 Å². The largest absolute Gasteiger partial charge is 0.444 e. The molecular formula is C25H28ClFN6O2. The third-order valence-electron chi connectivity index (χ3n) is 6.28. The number of halogens is 2. The average molecular weight is 499 g/mol. The molecule has 1 aromatic carbocycles. The van der Waals surface area contributed by atoms with Crippen LogP contribution >= 0.6 is 11.6 Å². The Balaban J connectivity index is 1.43. The molecule has 0 saturated carbocycles. The van der Waals surface area contributed by atoms with E-state index in [0.717, 1.165) is 48.8 Å². The maximum atomic E-state index is 13.3. The van der Waals surface area contributed by atoms with E-state index in [4.69, 9.17) is 16.3 Å². The second-order valence-electron chi connectivity index (χ2n) is 10.0. The Morgan fingerprint density at radius 1 is 1.11 bits per heavy atom. The first-order valence-corrected chi connectivity index (χ1v) is 12.1. The molecule has 0 N–H and O–H groups in total. The summed E-state index contributed by atoms with van der Waals surface area (Å²) in [6.45, 7) is 7.76. The highest BCUT2D eigenvalue weighted by Crippen LogP contribution is 2.34. The standard InChI is InChI=1S/C25H28ClFN6O2/c1-25(2,3)35-24(34)32-14-17-12-18(26)4-6-20(17)33-22(15-32)29-30-23(33)16-8-10-31(11-9-16)21-7-5-19(27)13-28-21/h4-7,12-13,16H,8-11,14-15H2,1-3H3. The predicted octanol–water partition coefficient (Wildman–Crippen LogP) is 5.09. The quantitative estimate of drug-likeness (QED) is 0.490. The molecule has 3 aromatic rings. The van der Waals surface area contributed by atoms with E-state index in [2.05, 4.69) is 24.6 Å². The number of hydrogen-bond donors (Lipinski definition) is 0. The topological polar surface area (TPSA) is 76.4 Å². The summed E-state index contributed by atoms with van der Waals surface area (Å²) in [5.74, 6) is 2.19. The van der Waals surface area contributed by atoms with E-state index in [1.54, 1.807) is 11.0 Å². The third-order valence-corrected chi connectivity index (χ3v) is 6.51. The van der Waals surface area contributed by atoms with E-state index in [1.165, 1.54) is 12.3 Å². The molecule has 0 bridgehead atoms. The highest BCUT2D eigenvalue weighted by atomic mass is 35.5. The Labute approximate surface area is 208 Å². The molecule has 2 aromatic heterocycles. The van der Waals surface area contributed by atoms with Crippen LogP contribution in [0.1, 0.15) is 56.7 Å². The molecule has 1 amide bonds. The second-order valence-corrected chi connectivity index (χ2v) is 10.5. The van der Waals surface area contributed by atoms with Crippen molar-refractivity contribution in [2.45, 2.75) is 58.2 Å². The van der Waals surface area contributed by atoms with Gasteiger partial charge in [-0.25, -0.2) is 14.2 Å². The second kappa shape index (κ2) is 9.11. The molecular weight excluding hydrogens is 471 g/mol. The number of piperidine rings is 1. The summed E-state index contributed by atoms with van der Waals surface area (Å²) >= 11 is 6.33. The third kappa shape index (κ3) is 4.96. The van der Waals surface area contributed by atoms with E-state index < -0.39 is 11.7 Å². The first-order valence-electron chi connectivity index (χ1n) is 11.8. The number of benzene rings is 1. The van der Waals surface area contributed by atoms with E-state index >= 15 is 0 Å².